The largest absolute Gasteiger partial charge is 0.478 e. The molecular formula is C20H18FNO4. The summed E-state index contributed by atoms with van der Waals surface area (Å²) in [4.78, 5) is 25.0. The zero-order chi connectivity index (χ0) is 18.7. The highest BCUT2D eigenvalue weighted by atomic mass is 19.1. The number of hydrogen-bond donors (Lipinski definition) is 0. The molecule has 3 rings (SSSR count). The molecule has 134 valence electrons. The van der Waals surface area contributed by atoms with Gasteiger partial charge in [-0.3, -0.25) is 9.36 Å². The van der Waals surface area contributed by atoms with Crippen LogP contribution in [0.15, 0.2) is 54.7 Å². The first-order valence-corrected chi connectivity index (χ1v) is 8.20. The molecule has 2 aromatic carbocycles. The summed E-state index contributed by atoms with van der Waals surface area (Å²) < 4.78 is 25.6. The third-order valence-electron chi connectivity index (χ3n) is 4.11. The first kappa shape index (κ1) is 17.7. The maximum absolute atomic E-state index is 13.9. The Labute approximate surface area is 149 Å². The van der Waals surface area contributed by atoms with E-state index >= 15 is 0 Å². The fraction of sp³-hybridized carbons (Fsp3) is 0.200. The van der Waals surface area contributed by atoms with Gasteiger partial charge in [-0.1, -0.05) is 37.3 Å². The van der Waals surface area contributed by atoms with Crippen LogP contribution in [-0.4, -0.2) is 29.7 Å². The fourth-order valence-electron chi connectivity index (χ4n) is 2.79. The van der Waals surface area contributed by atoms with Crippen LogP contribution in [-0.2, 0) is 4.74 Å². The molecule has 0 aliphatic heterocycles. The molecule has 0 bridgehead atoms. The second kappa shape index (κ2) is 7.39. The molecule has 0 aliphatic carbocycles. The van der Waals surface area contributed by atoms with Gasteiger partial charge in [0, 0.05) is 11.6 Å². The third kappa shape index (κ3) is 3.18. The van der Waals surface area contributed by atoms with Crippen LogP contribution in [0.5, 0.6) is 5.75 Å². The number of fused-ring (bicyclic) bond motifs is 1. The Kier molecular flexibility index (Phi) is 5.02. The number of carbonyl (C=O) groups excluding carboxylic acids is 2. The highest BCUT2D eigenvalue weighted by molar-refractivity contribution is 6.07. The Balaban J connectivity index is 2.00. The lowest BCUT2D eigenvalue weighted by Gasteiger charge is -2.17. The van der Waals surface area contributed by atoms with Crippen molar-refractivity contribution in [3.8, 4) is 5.75 Å². The first-order chi connectivity index (χ1) is 12.6. The van der Waals surface area contributed by atoms with Gasteiger partial charge in [0.1, 0.15) is 0 Å². The molecule has 5 nitrogen and oxygen atoms in total. The average Bonchev–Trinajstić information content (AvgIpc) is 3.06. The molecule has 0 unspecified atom stereocenters. The second-order valence-corrected chi connectivity index (χ2v) is 5.70. The molecule has 0 spiro atoms. The number of benzene rings is 2. The maximum atomic E-state index is 13.9. The molecule has 6 heteroatoms. The van der Waals surface area contributed by atoms with Crippen molar-refractivity contribution in [1.29, 1.82) is 0 Å². The lowest BCUT2D eigenvalue weighted by Crippen LogP contribution is -2.31. The molecular weight excluding hydrogens is 337 g/mol. The SMILES string of the molecule is CC[C@H](Oc1ccccc1F)C(=O)n1cc(C(=O)OC)c2ccccc21. The molecule has 1 heterocycles. The van der Waals surface area contributed by atoms with Gasteiger partial charge < -0.3 is 9.47 Å². The van der Waals surface area contributed by atoms with Crippen molar-refractivity contribution in [3.05, 3.63) is 66.1 Å². The quantitative estimate of drug-likeness (QED) is 0.648. The molecule has 0 amide bonds. The minimum atomic E-state index is -0.895. The van der Waals surface area contributed by atoms with Gasteiger partial charge in [0.15, 0.2) is 17.7 Å². The third-order valence-corrected chi connectivity index (χ3v) is 4.11. The summed E-state index contributed by atoms with van der Waals surface area (Å²) in [5, 5.41) is 0.605. The zero-order valence-corrected chi connectivity index (χ0v) is 14.4. The minimum Gasteiger partial charge on any atom is -0.478 e. The Morgan fingerprint density at radius 1 is 1.12 bits per heavy atom. The molecule has 0 N–H and O–H groups in total. The van der Waals surface area contributed by atoms with Crippen LogP contribution in [0, 0.1) is 5.82 Å². The number of methoxy groups -OCH3 is 1. The van der Waals surface area contributed by atoms with Gasteiger partial charge in [-0.15, -0.1) is 0 Å². The van der Waals surface area contributed by atoms with Gasteiger partial charge in [-0.2, -0.15) is 0 Å². The summed E-state index contributed by atoms with van der Waals surface area (Å²) in [5.74, 6) is -1.44. The normalized spacial score (nSPS) is 12.0. The summed E-state index contributed by atoms with van der Waals surface area (Å²) in [6, 6.07) is 12.9. The van der Waals surface area contributed by atoms with E-state index in [4.69, 9.17) is 9.47 Å². The lowest BCUT2D eigenvalue weighted by atomic mass is 10.2. The summed E-state index contributed by atoms with van der Waals surface area (Å²) in [6.07, 6.45) is 0.882. The lowest BCUT2D eigenvalue weighted by molar-refractivity contribution is 0.0602. The van der Waals surface area contributed by atoms with E-state index in [1.165, 1.54) is 30.0 Å². The summed E-state index contributed by atoms with van der Waals surface area (Å²) in [7, 11) is 1.28. The van der Waals surface area contributed by atoms with Crippen LogP contribution < -0.4 is 4.74 Å². The Morgan fingerprint density at radius 2 is 1.81 bits per heavy atom. The molecule has 26 heavy (non-hydrogen) atoms. The highest BCUT2D eigenvalue weighted by Gasteiger charge is 2.25. The molecule has 3 aromatic rings. The van der Waals surface area contributed by atoms with Crippen molar-refractivity contribution in [2.75, 3.05) is 7.11 Å². The van der Waals surface area contributed by atoms with E-state index in [0.29, 0.717) is 17.3 Å². The van der Waals surface area contributed by atoms with Crippen molar-refractivity contribution >= 4 is 22.8 Å². The van der Waals surface area contributed by atoms with Crippen LogP contribution in [0.4, 0.5) is 4.39 Å². The smallest absolute Gasteiger partial charge is 0.340 e. The summed E-state index contributed by atoms with van der Waals surface area (Å²) in [6.45, 7) is 1.77. The summed E-state index contributed by atoms with van der Waals surface area (Å²) >= 11 is 0. The summed E-state index contributed by atoms with van der Waals surface area (Å²) in [5.41, 5.74) is 0.852. The monoisotopic (exact) mass is 355 g/mol. The standard InChI is InChI=1S/C20H18FNO4/c1-3-17(26-18-11-7-5-9-15(18)21)19(23)22-12-14(20(24)25-2)13-8-4-6-10-16(13)22/h4-12,17H,3H2,1-2H3/t17-/m0/s1. The molecule has 0 fully saturated rings. The van der Waals surface area contributed by atoms with Gasteiger partial charge in [0.25, 0.3) is 5.91 Å². The van der Waals surface area contributed by atoms with E-state index in [0.717, 1.165) is 0 Å². The van der Waals surface area contributed by atoms with E-state index in [2.05, 4.69) is 0 Å². The second-order valence-electron chi connectivity index (χ2n) is 5.70. The predicted octanol–water partition coefficient (Wildman–Crippen LogP) is 4.06. The van der Waals surface area contributed by atoms with Gasteiger partial charge >= 0.3 is 5.97 Å². The van der Waals surface area contributed by atoms with Crippen LogP contribution >= 0.6 is 0 Å². The van der Waals surface area contributed by atoms with Gasteiger partial charge in [0.2, 0.25) is 0 Å². The predicted molar refractivity (Wildman–Crippen MR) is 95.0 cm³/mol. The molecule has 1 aromatic heterocycles. The van der Waals surface area contributed by atoms with Crippen molar-refractivity contribution < 1.29 is 23.5 Å². The minimum absolute atomic E-state index is 0.0114. The molecule has 0 saturated carbocycles. The van der Waals surface area contributed by atoms with E-state index in [9.17, 15) is 14.0 Å². The van der Waals surface area contributed by atoms with E-state index in [1.807, 2.05) is 0 Å². The van der Waals surface area contributed by atoms with Crippen molar-refractivity contribution in [2.24, 2.45) is 0 Å². The number of rotatable bonds is 5. The van der Waals surface area contributed by atoms with Crippen LogP contribution in [0.25, 0.3) is 10.9 Å². The number of esters is 1. The van der Waals surface area contributed by atoms with Gasteiger partial charge in [-0.25, -0.2) is 9.18 Å². The highest BCUT2D eigenvalue weighted by Crippen LogP contribution is 2.24. The van der Waals surface area contributed by atoms with Crippen LogP contribution in [0.3, 0.4) is 0 Å². The number of nitrogens with zero attached hydrogens (tertiary/aromatic N) is 1. The number of ether oxygens (including phenoxy) is 2. The molecule has 0 aliphatic rings. The van der Waals surface area contributed by atoms with Gasteiger partial charge in [0.05, 0.1) is 18.2 Å². The van der Waals surface area contributed by atoms with Crippen molar-refractivity contribution in [1.82, 2.24) is 4.57 Å². The Bertz CT molecular complexity index is 963. The molecule has 0 saturated heterocycles. The van der Waals surface area contributed by atoms with E-state index < -0.39 is 17.9 Å². The van der Waals surface area contributed by atoms with E-state index in [1.54, 1.807) is 43.3 Å². The number of hydrogen-bond acceptors (Lipinski definition) is 4. The van der Waals surface area contributed by atoms with Crippen molar-refractivity contribution in [3.63, 3.8) is 0 Å². The fourth-order valence-corrected chi connectivity index (χ4v) is 2.79. The Morgan fingerprint density at radius 3 is 2.50 bits per heavy atom. The first-order valence-electron chi connectivity index (χ1n) is 8.20. The zero-order valence-electron chi connectivity index (χ0n) is 14.4. The number of aromatic nitrogens is 1. The number of carbonyl (C=O) groups is 2. The van der Waals surface area contributed by atoms with E-state index in [-0.39, 0.29) is 17.2 Å². The Hall–Kier alpha value is -3.15. The van der Waals surface area contributed by atoms with Gasteiger partial charge in [-0.05, 0) is 24.6 Å². The average molecular weight is 355 g/mol. The topological polar surface area (TPSA) is 57.5 Å². The van der Waals surface area contributed by atoms with Crippen LogP contribution in [0.2, 0.25) is 0 Å². The molecule has 0 radical (unpaired) electrons. The molecule has 1 atom stereocenters. The van der Waals surface area contributed by atoms with Crippen LogP contribution in [0.1, 0.15) is 28.5 Å². The van der Waals surface area contributed by atoms with Crippen molar-refractivity contribution in [2.45, 2.75) is 19.4 Å². The maximum Gasteiger partial charge on any atom is 0.340 e. The number of halogens is 1. The number of para-hydroxylation sites is 2.